The van der Waals surface area contributed by atoms with Crippen molar-refractivity contribution in [2.75, 3.05) is 12.4 Å². The number of fused-ring (bicyclic) bond motifs is 1. The Morgan fingerprint density at radius 3 is 2.83 bits per heavy atom. The maximum Gasteiger partial charge on any atom is 0.142 e. The maximum absolute atomic E-state index is 9.11. The fraction of sp³-hybridized carbons (Fsp3) is 0.261. The van der Waals surface area contributed by atoms with Crippen molar-refractivity contribution in [2.45, 2.75) is 33.0 Å². The average molecular weight is 403 g/mol. The minimum Gasteiger partial charge on any atom is -0.495 e. The molecule has 3 rings (SSSR count). The number of allylic oxidation sites excluding steroid dienone is 1. The lowest BCUT2D eigenvalue weighted by atomic mass is 10.1. The summed E-state index contributed by atoms with van der Waals surface area (Å²) in [7, 11) is 1.59. The van der Waals surface area contributed by atoms with E-state index < -0.39 is 0 Å². The molecule has 0 radical (unpaired) electrons. The standard InChI is InChI=1S/C23H26N6O/c1-15(2)29-14-19(18-7-9-26-13-22(18)29)20(25)8-10-27-16(3)28-21-11-17(12-24)5-6-23(21)30-4/h5-11,13-16,28H,25H2,1-4H3/b20-8-,27-10-. The van der Waals surface area contributed by atoms with Gasteiger partial charge in [-0.05, 0) is 51.1 Å². The Hall–Kier alpha value is -3.79. The number of nitrogens with two attached hydrogens (primary N) is 1. The van der Waals surface area contributed by atoms with Crippen LogP contribution in [0.2, 0.25) is 0 Å². The number of pyridine rings is 1. The van der Waals surface area contributed by atoms with E-state index in [-0.39, 0.29) is 6.17 Å². The normalized spacial score (nSPS) is 13.0. The van der Waals surface area contributed by atoms with Crippen molar-refractivity contribution in [3.05, 3.63) is 60.1 Å². The Kier molecular flexibility index (Phi) is 6.38. The van der Waals surface area contributed by atoms with E-state index in [1.807, 2.05) is 19.2 Å². The number of nitrogens with zero attached hydrogens (tertiary/aromatic N) is 4. The molecule has 0 aliphatic rings. The lowest BCUT2D eigenvalue weighted by molar-refractivity contribution is 0.416. The number of aliphatic imine (C=N–C) groups is 1. The fourth-order valence-corrected chi connectivity index (χ4v) is 3.25. The Morgan fingerprint density at radius 1 is 1.33 bits per heavy atom. The molecule has 0 amide bonds. The summed E-state index contributed by atoms with van der Waals surface area (Å²) < 4.78 is 7.51. The lowest BCUT2D eigenvalue weighted by Crippen LogP contribution is -2.13. The van der Waals surface area contributed by atoms with E-state index in [1.54, 1.807) is 43.8 Å². The molecule has 3 N–H and O–H groups in total. The molecule has 0 spiro atoms. The number of ether oxygens (including phenoxy) is 1. The Labute approximate surface area is 176 Å². The van der Waals surface area contributed by atoms with Gasteiger partial charge in [0.25, 0.3) is 0 Å². The van der Waals surface area contributed by atoms with E-state index in [0.29, 0.717) is 28.7 Å². The van der Waals surface area contributed by atoms with E-state index in [4.69, 9.17) is 15.7 Å². The average Bonchev–Trinajstić information content (AvgIpc) is 3.13. The number of hydrogen-bond acceptors (Lipinski definition) is 6. The summed E-state index contributed by atoms with van der Waals surface area (Å²) >= 11 is 0. The van der Waals surface area contributed by atoms with E-state index in [2.05, 4.69) is 46.0 Å². The van der Waals surface area contributed by atoms with Gasteiger partial charge in [0, 0.05) is 41.3 Å². The van der Waals surface area contributed by atoms with Crippen molar-refractivity contribution in [3.8, 4) is 11.8 Å². The first-order chi connectivity index (χ1) is 14.4. The van der Waals surface area contributed by atoms with Crippen molar-refractivity contribution in [3.63, 3.8) is 0 Å². The van der Waals surface area contributed by atoms with Gasteiger partial charge in [0.15, 0.2) is 0 Å². The van der Waals surface area contributed by atoms with Crippen molar-refractivity contribution >= 4 is 28.5 Å². The van der Waals surface area contributed by atoms with Gasteiger partial charge in [-0.15, -0.1) is 0 Å². The number of nitriles is 1. The summed E-state index contributed by atoms with van der Waals surface area (Å²) in [5, 5.41) is 13.4. The molecule has 1 aromatic carbocycles. The van der Waals surface area contributed by atoms with Crippen LogP contribution in [0.3, 0.4) is 0 Å². The predicted octanol–water partition coefficient (Wildman–Crippen LogP) is 4.33. The second kappa shape index (κ2) is 9.14. The number of nitrogens with one attached hydrogen (secondary N) is 1. The quantitative estimate of drug-likeness (QED) is 0.573. The second-order valence-electron chi connectivity index (χ2n) is 7.20. The molecular formula is C23H26N6O. The lowest BCUT2D eigenvalue weighted by Gasteiger charge is -2.14. The van der Waals surface area contributed by atoms with Gasteiger partial charge in [-0.2, -0.15) is 5.26 Å². The minimum atomic E-state index is -0.238. The molecule has 3 aromatic rings. The molecule has 1 unspecified atom stereocenters. The van der Waals surface area contributed by atoms with Gasteiger partial charge in [0.2, 0.25) is 0 Å². The van der Waals surface area contributed by atoms with Crippen LogP contribution < -0.4 is 15.8 Å². The number of benzene rings is 1. The number of methoxy groups -OCH3 is 1. The van der Waals surface area contributed by atoms with Crippen LogP contribution in [-0.4, -0.2) is 29.0 Å². The van der Waals surface area contributed by atoms with Gasteiger partial charge in [-0.1, -0.05) is 0 Å². The summed E-state index contributed by atoms with van der Waals surface area (Å²) in [6.45, 7) is 6.16. The Bertz CT molecular complexity index is 1140. The van der Waals surface area contributed by atoms with E-state index in [9.17, 15) is 0 Å². The topological polar surface area (TPSA) is 101 Å². The first-order valence-corrected chi connectivity index (χ1v) is 9.73. The molecule has 2 heterocycles. The molecule has 0 aliphatic heterocycles. The molecule has 0 fully saturated rings. The fourth-order valence-electron chi connectivity index (χ4n) is 3.25. The molecule has 2 aromatic heterocycles. The van der Waals surface area contributed by atoms with Crippen LogP contribution in [0.1, 0.15) is 37.9 Å². The van der Waals surface area contributed by atoms with Crippen molar-refractivity contribution in [1.29, 1.82) is 5.26 Å². The third-order valence-corrected chi connectivity index (χ3v) is 4.76. The highest BCUT2D eigenvalue weighted by atomic mass is 16.5. The summed E-state index contributed by atoms with van der Waals surface area (Å²) in [6, 6.07) is 9.61. The molecular weight excluding hydrogens is 376 g/mol. The highest BCUT2D eigenvalue weighted by Gasteiger charge is 2.12. The zero-order valence-corrected chi connectivity index (χ0v) is 17.6. The highest BCUT2D eigenvalue weighted by Crippen LogP contribution is 2.27. The molecule has 7 nitrogen and oxygen atoms in total. The maximum atomic E-state index is 9.11. The predicted molar refractivity (Wildman–Crippen MR) is 122 cm³/mol. The van der Waals surface area contributed by atoms with Gasteiger partial charge < -0.3 is 20.4 Å². The van der Waals surface area contributed by atoms with E-state index in [1.165, 1.54) is 0 Å². The minimum absolute atomic E-state index is 0.238. The highest BCUT2D eigenvalue weighted by molar-refractivity contribution is 5.95. The van der Waals surface area contributed by atoms with Crippen LogP contribution in [0.4, 0.5) is 5.69 Å². The van der Waals surface area contributed by atoms with E-state index >= 15 is 0 Å². The zero-order chi connectivity index (χ0) is 21.7. The molecule has 7 heteroatoms. The number of rotatable bonds is 7. The van der Waals surface area contributed by atoms with Gasteiger partial charge >= 0.3 is 0 Å². The van der Waals surface area contributed by atoms with Gasteiger partial charge in [0.1, 0.15) is 11.9 Å². The molecule has 30 heavy (non-hydrogen) atoms. The largest absolute Gasteiger partial charge is 0.495 e. The first kappa shape index (κ1) is 20.9. The van der Waals surface area contributed by atoms with Crippen LogP contribution >= 0.6 is 0 Å². The molecule has 154 valence electrons. The van der Waals surface area contributed by atoms with E-state index in [0.717, 1.165) is 16.5 Å². The number of anilines is 1. The van der Waals surface area contributed by atoms with Gasteiger partial charge in [-0.3, -0.25) is 9.98 Å². The molecule has 0 saturated carbocycles. The van der Waals surface area contributed by atoms with Crippen LogP contribution in [0.25, 0.3) is 16.6 Å². The Morgan fingerprint density at radius 2 is 2.13 bits per heavy atom. The third-order valence-electron chi connectivity index (χ3n) is 4.76. The van der Waals surface area contributed by atoms with Crippen molar-refractivity contribution in [2.24, 2.45) is 10.7 Å². The monoisotopic (exact) mass is 402 g/mol. The molecule has 0 aliphatic carbocycles. The smallest absolute Gasteiger partial charge is 0.142 e. The molecule has 0 saturated heterocycles. The summed E-state index contributed by atoms with van der Waals surface area (Å²) in [4.78, 5) is 8.72. The summed E-state index contributed by atoms with van der Waals surface area (Å²) in [5.41, 5.74) is 10.3. The SMILES string of the molecule is COc1ccc(C#N)cc1NC(C)/N=C\C=C(/N)c1cn(C(C)C)c2cnccc12. The number of aromatic nitrogens is 2. The van der Waals surface area contributed by atoms with Crippen LogP contribution in [0.5, 0.6) is 5.75 Å². The summed E-state index contributed by atoms with van der Waals surface area (Å²) in [6.07, 6.45) is 8.92. The van der Waals surface area contributed by atoms with Crippen LogP contribution in [0, 0.1) is 11.3 Å². The number of hydrogen-bond donors (Lipinski definition) is 2. The first-order valence-electron chi connectivity index (χ1n) is 9.73. The second-order valence-corrected chi connectivity index (χ2v) is 7.20. The van der Waals surface area contributed by atoms with Gasteiger partial charge in [-0.25, -0.2) is 0 Å². The Balaban J connectivity index is 1.79. The molecule has 0 bridgehead atoms. The zero-order valence-electron chi connectivity index (χ0n) is 17.6. The summed E-state index contributed by atoms with van der Waals surface area (Å²) in [5.74, 6) is 0.654. The van der Waals surface area contributed by atoms with Gasteiger partial charge in [0.05, 0.1) is 36.1 Å². The molecule has 1 atom stereocenters. The van der Waals surface area contributed by atoms with Crippen LogP contribution in [-0.2, 0) is 0 Å². The van der Waals surface area contributed by atoms with Crippen molar-refractivity contribution < 1.29 is 4.74 Å². The third kappa shape index (κ3) is 4.44. The van der Waals surface area contributed by atoms with Crippen molar-refractivity contribution in [1.82, 2.24) is 9.55 Å². The van der Waals surface area contributed by atoms with Crippen LogP contribution in [0.15, 0.2) is 53.9 Å².